The third kappa shape index (κ3) is 5.32. The third-order valence-electron chi connectivity index (χ3n) is 6.01. The molecule has 27 heavy (non-hydrogen) atoms. The van der Waals surface area contributed by atoms with E-state index in [4.69, 9.17) is 4.74 Å². The molecule has 0 aliphatic carbocycles. The minimum atomic E-state index is 0.0336. The van der Waals surface area contributed by atoms with Crippen molar-refractivity contribution in [1.82, 2.24) is 20.0 Å². The van der Waals surface area contributed by atoms with E-state index in [0.29, 0.717) is 36.7 Å². The van der Waals surface area contributed by atoms with Crippen molar-refractivity contribution < 1.29 is 9.53 Å². The van der Waals surface area contributed by atoms with Crippen molar-refractivity contribution in [3.05, 3.63) is 17.5 Å². The molecule has 1 aromatic heterocycles. The van der Waals surface area contributed by atoms with Crippen LogP contribution in [0.3, 0.4) is 0 Å². The van der Waals surface area contributed by atoms with E-state index in [0.717, 1.165) is 18.7 Å². The number of carbonyl (C=O) groups excluding carboxylic acids is 1. The summed E-state index contributed by atoms with van der Waals surface area (Å²) in [6.45, 7) is 8.81. The van der Waals surface area contributed by atoms with Crippen LogP contribution in [0.25, 0.3) is 0 Å². The van der Waals surface area contributed by atoms with Crippen LogP contribution in [0.2, 0.25) is 0 Å². The maximum Gasteiger partial charge on any atom is 0.274 e. The van der Waals surface area contributed by atoms with Gasteiger partial charge in [0.05, 0.1) is 6.61 Å². The summed E-state index contributed by atoms with van der Waals surface area (Å²) in [6.07, 6.45) is 7.30. The number of ether oxygens (including phenoxy) is 1. The van der Waals surface area contributed by atoms with Crippen molar-refractivity contribution in [2.24, 2.45) is 11.8 Å². The van der Waals surface area contributed by atoms with Gasteiger partial charge in [0.15, 0.2) is 0 Å². The highest BCUT2D eigenvalue weighted by Crippen LogP contribution is 2.31. The van der Waals surface area contributed by atoms with Crippen molar-refractivity contribution in [3.63, 3.8) is 0 Å². The number of nitrogens with one attached hydrogen (secondary N) is 1. The van der Waals surface area contributed by atoms with Gasteiger partial charge in [-0.3, -0.25) is 9.89 Å². The van der Waals surface area contributed by atoms with E-state index in [-0.39, 0.29) is 5.91 Å². The Hall–Kier alpha value is -1.40. The van der Waals surface area contributed by atoms with Gasteiger partial charge in [0.1, 0.15) is 5.69 Å². The van der Waals surface area contributed by atoms with Crippen molar-refractivity contribution >= 4 is 5.91 Å². The molecule has 0 radical (unpaired) electrons. The number of fused-ring (bicyclic) bond motifs is 1. The van der Waals surface area contributed by atoms with Crippen molar-refractivity contribution in [2.45, 2.75) is 58.4 Å². The topological polar surface area (TPSA) is 61.5 Å². The van der Waals surface area contributed by atoms with E-state index >= 15 is 0 Å². The number of piperidine rings is 2. The summed E-state index contributed by atoms with van der Waals surface area (Å²) in [5.41, 5.74) is 1.58. The molecular weight excluding hydrogens is 340 g/mol. The lowest BCUT2D eigenvalue weighted by Crippen LogP contribution is -2.52. The molecule has 152 valence electrons. The molecule has 2 fully saturated rings. The van der Waals surface area contributed by atoms with Gasteiger partial charge in [0, 0.05) is 31.9 Å². The molecule has 1 N–H and O–H groups in total. The Balaban J connectivity index is 1.68. The summed E-state index contributed by atoms with van der Waals surface area (Å²) in [5, 5.41) is 7.35. The molecule has 3 rings (SSSR count). The molecule has 2 saturated heterocycles. The summed E-state index contributed by atoms with van der Waals surface area (Å²) >= 11 is 0. The van der Waals surface area contributed by atoms with Crippen molar-refractivity contribution in [3.8, 4) is 0 Å². The van der Waals surface area contributed by atoms with E-state index < -0.39 is 0 Å². The van der Waals surface area contributed by atoms with Crippen molar-refractivity contribution in [2.75, 3.05) is 39.9 Å². The average Bonchev–Trinajstić information content (AvgIpc) is 3.12. The van der Waals surface area contributed by atoms with Crippen LogP contribution in [0.15, 0.2) is 6.07 Å². The molecule has 0 spiro atoms. The SMILES string of the molecule is COCCN(C[C@H]1CCCN2CCCC[C@H]12)C(=O)c1cc(CC(C)C)[nH]n1. The fraction of sp³-hybridized carbons (Fsp3) is 0.810. The number of rotatable bonds is 8. The molecule has 0 aromatic carbocycles. The Labute approximate surface area is 163 Å². The van der Waals surface area contributed by atoms with Gasteiger partial charge in [-0.25, -0.2) is 0 Å². The summed E-state index contributed by atoms with van der Waals surface area (Å²) in [7, 11) is 1.70. The summed E-state index contributed by atoms with van der Waals surface area (Å²) in [5.74, 6) is 1.14. The van der Waals surface area contributed by atoms with Gasteiger partial charge >= 0.3 is 0 Å². The summed E-state index contributed by atoms with van der Waals surface area (Å²) < 4.78 is 5.28. The first-order valence-electron chi connectivity index (χ1n) is 10.6. The van der Waals surface area contributed by atoms with Crippen LogP contribution >= 0.6 is 0 Å². The third-order valence-corrected chi connectivity index (χ3v) is 6.01. The van der Waals surface area contributed by atoms with Crippen LogP contribution < -0.4 is 0 Å². The molecule has 0 bridgehead atoms. The first-order valence-corrected chi connectivity index (χ1v) is 10.6. The molecule has 1 amide bonds. The minimum absolute atomic E-state index is 0.0336. The van der Waals surface area contributed by atoms with Crippen LogP contribution in [-0.4, -0.2) is 71.8 Å². The number of aromatic nitrogens is 2. The number of methoxy groups -OCH3 is 1. The van der Waals surface area contributed by atoms with Gasteiger partial charge in [-0.05, 0) is 63.1 Å². The summed E-state index contributed by atoms with van der Waals surface area (Å²) in [6, 6.07) is 2.57. The number of amides is 1. The molecular formula is C21H36N4O2. The standard InChI is InChI=1S/C21H36N4O2/c1-16(2)13-18-14-19(23-22-18)21(26)25(11-12-27-3)15-17-7-6-10-24-9-5-4-8-20(17)24/h14,16-17,20H,4-13,15H2,1-3H3,(H,22,23)/t17-,20-/m1/s1. The van der Waals surface area contributed by atoms with E-state index in [2.05, 4.69) is 28.9 Å². The lowest BCUT2D eigenvalue weighted by Gasteiger charge is -2.45. The lowest BCUT2D eigenvalue weighted by molar-refractivity contribution is 0.0313. The Morgan fingerprint density at radius 1 is 1.33 bits per heavy atom. The number of H-pyrrole nitrogens is 1. The zero-order valence-corrected chi connectivity index (χ0v) is 17.2. The van der Waals surface area contributed by atoms with Crippen LogP contribution in [0.1, 0.15) is 62.1 Å². The summed E-state index contributed by atoms with van der Waals surface area (Å²) in [4.78, 5) is 17.8. The maximum atomic E-state index is 13.2. The van der Waals surface area contributed by atoms with Crippen LogP contribution in [0, 0.1) is 11.8 Å². The van der Waals surface area contributed by atoms with Gasteiger partial charge in [-0.2, -0.15) is 5.10 Å². The van der Waals surface area contributed by atoms with E-state index in [1.807, 2.05) is 11.0 Å². The number of carbonyl (C=O) groups is 1. The first kappa shape index (κ1) is 20.3. The highest BCUT2D eigenvalue weighted by molar-refractivity contribution is 5.92. The molecule has 2 aliphatic rings. The zero-order chi connectivity index (χ0) is 19.2. The van der Waals surface area contributed by atoms with Crippen LogP contribution in [-0.2, 0) is 11.2 Å². The van der Waals surface area contributed by atoms with E-state index in [1.54, 1.807) is 7.11 Å². The predicted octanol–water partition coefficient (Wildman–Crippen LogP) is 2.96. The molecule has 3 heterocycles. The molecule has 0 unspecified atom stereocenters. The fourth-order valence-electron chi connectivity index (χ4n) is 4.73. The largest absolute Gasteiger partial charge is 0.383 e. The molecule has 2 aliphatic heterocycles. The van der Waals surface area contributed by atoms with Gasteiger partial charge in [-0.15, -0.1) is 0 Å². The predicted molar refractivity (Wildman–Crippen MR) is 107 cm³/mol. The quantitative estimate of drug-likeness (QED) is 0.758. The first-order chi connectivity index (χ1) is 13.1. The second-order valence-electron chi connectivity index (χ2n) is 8.62. The number of nitrogens with zero attached hydrogens (tertiary/aromatic N) is 3. The Bertz CT molecular complexity index is 599. The zero-order valence-electron chi connectivity index (χ0n) is 17.2. The molecule has 1 aromatic rings. The van der Waals surface area contributed by atoms with Crippen molar-refractivity contribution in [1.29, 1.82) is 0 Å². The molecule has 6 heteroatoms. The second kappa shape index (κ2) is 9.69. The molecule has 6 nitrogen and oxygen atoms in total. The van der Waals surface area contributed by atoms with Gasteiger partial charge in [0.2, 0.25) is 0 Å². The van der Waals surface area contributed by atoms with Crippen LogP contribution in [0.5, 0.6) is 0 Å². The number of aromatic amines is 1. The smallest absolute Gasteiger partial charge is 0.274 e. The fourth-order valence-corrected chi connectivity index (χ4v) is 4.73. The number of hydrogen-bond acceptors (Lipinski definition) is 4. The van der Waals surface area contributed by atoms with Gasteiger partial charge < -0.3 is 14.5 Å². The lowest BCUT2D eigenvalue weighted by atomic mass is 9.83. The normalized spacial score (nSPS) is 23.4. The average molecular weight is 377 g/mol. The highest BCUT2D eigenvalue weighted by atomic mass is 16.5. The minimum Gasteiger partial charge on any atom is -0.383 e. The van der Waals surface area contributed by atoms with Gasteiger partial charge in [0.25, 0.3) is 5.91 Å². The van der Waals surface area contributed by atoms with Gasteiger partial charge in [-0.1, -0.05) is 20.3 Å². The molecule has 0 saturated carbocycles. The van der Waals surface area contributed by atoms with E-state index in [1.165, 1.54) is 45.2 Å². The maximum absolute atomic E-state index is 13.2. The Morgan fingerprint density at radius 3 is 2.93 bits per heavy atom. The second-order valence-corrected chi connectivity index (χ2v) is 8.62. The Morgan fingerprint density at radius 2 is 2.15 bits per heavy atom. The monoisotopic (exact) mass is 376 g/mol. The van der Waals surface area contributed by atoms with Crippen LogP contribution in [0.4, 0.5) is 0 Å². The molecule has 2 atom stereocenters. The number of hydrogen-bond donors (Lipinski definition) is 1. The highest BCUT2D eigenvalue weighted by Gasteiger charge is 2.35. The van der Waals surface area contributed by atoms with E-state index in [9.17, 15) is 4.79 Å². The Kier molecular flexibility index (Phi) is 7.30.